The van der Waals surface area contributed by atoms with Gasteiger partial charge >= 0.3 is 0 Å². The van der Waals surface area contributed by atoms with Crippen molar-refractivity contribution in [1.82, 2.24) is 5.32 Å². The smallest absolute Gasteiger partial charge is 0.101 e. The van der Waals surface area contributed by atoms with Gasteiger partial charge in [-0.15, -0.1) is 0 Å². The van der Waals surface area contributed by atoms with Gasteiger partial charge in [0, 0.05) is 24.9 Å². The van der Waals surface area contributed by atoms with E-state index in [9.17, 15) is 0 Å². The highest BCUT2D eigenvalue weighted by molar-refractivity contribution is 5.85. The number of hydrogen-bond acceptors (Lipinski definition) is 2. The van der Waals surface area contributed by atoms with Crippen molar-refractivity contribution in [2.24, 2.45) is 10.4 Å². The lowest BCUT2D eigenvalue weighted by Gasteiger charge is -2.34. The molecular weight excluding hydrogens is 208 g/mol. The minimum absolute atomic E-state index is 0.389. The molecule has 1 N–H and O–H groups in total. The van der Waals surface area contributed by atoms with E-state index in [-0.39, 0.29) is 0 Å². The number of aliphatic imine (C=N–C) groups is 1. The fourth-order valence-corrected chi connectivity index (χ4v) is 2.30. The molecule has 2 rings (SSSR count). The van der Waals surface area contributed by atoms with Crippen molar-refractivity contribution >= 4 is 5.84 Å². The quantitative estimate of drug-likeness (QED) is 0.844. The fraction of sp³-hybridized carbons (Fsp3) is 0.533. The number of benzene rings is 1. The Morgan fingerprint density at radius 2 is 1.88 bits per heavy atom. The summed E-state index contributed by atoms with van der Waals surface area (Å²) in [6.45, 7) is 6.59. The molecule has 0 aliphatic carbocycles. The van der Waals surface area contributed by atoms with Crippen LogP contribution < -0.4 is 5.32 Å². The van der Waals surface area contributed by atoms with Crippen molar-refractivity contribution in [2.75, 3.05) is 13.1 Å². The summed E-state index contributed by atoms with van der Waals surface area (Å²) < 4.78 is 0. The van der Waals surface area contributed by atoms with Crippen LogP contribution in [0.3, 0.4) is 0 Å². The number of rotatable bonds is 4. The summed E-state index contributed by atoms with van der Waals surface area (Å²) >= 11 is 0. The Balaban J connectivity index is 2.00. The first-order valence-corrected chi connectivity index (χ1v) is 6.59. The molecular formula is C15H22N2. The molecule has 1 heterocycles. The summed E-state index contributed by atoms with van der Waals surface area (Å²) in [4.78, 5) is 4.73. The Morgan fingerprint density at radius 3 is 2.41 bits per heavy atom. The van der Waals surface area contributed by atoms with Crippen molar-refractivity contribution in [1.29, 1.82) is 0 Å². The standard InChI is InChI=1S/C15H22N2/c1-3-15(4-2)11-16-14(17-12-15)10-13-8-6-5-7-9-13/h5-9H,3-4,10-12H2,1-2H3,(H,16,17). The van der Waals surface area contributed by atoms with E-state index in [2.05, 4.69) is 49.5 Å². The molecule has 0 aromatic heterocycles. The van der Waals surface area contributed by atoms with Gasteiger partial charge in [-0.25, -0.2) is 0 Å². The molecule has 0 atom stereocenters. The third kappa shape index (κ3) is 2.87. The van der Waals surface area contributed by atoms with Gasteiger partial charge < -0.3 is 5.32 Å². The number of nitrogens with zero attached hydrogens (tertiary/aromatic N) is 1. The molecule has 0 bridgehead atoms. The molecule has 0 fully saturated rings. The van der Waals surface area contributed by atoms with Crippen molar-refractivity contribution in [3.63, 3.8) is 0 Å². The van der Waals surface area contributed by atoms with Crippen LogP contribution in [-0.4, -0.2) is 18.9 Å². The van der Waals surface area contributed by atoms with Crippen molar-refractivity contribution in [3.05, 3.63) is 35.9 Å². The van der Waals surface area contributed by atoms with Gasteiger partial charge in [-0.2, -0.15) is 0 Å². The molecule has 17 heavy (non-hydrogen) atoms. The molecule has 1 aromatic rings. The van der Waals surface area contributed by atoms with E-state index in [4.69, 9.17) is 4.99 Å². The second-order valence-corrected chi connectivity index (χ2v) is 4.99. The van der Waals surface area contributed by atoms with E-state index in [1.54, 1.807) is 0 Å². The minimum Gasteiger partial charge on any atom is -0.373 e. The lowest BCUT2D eigenvalue weighted by molar-refractivity contribution is 0.263. The summed E-state index contributed by atoms with van der Waals surface area (Å²) in [6, 6.07) is 10.5. The molecule has 1 aliphatic rings. The lowest BCUT2D eigenvalue weighted by Crippen LogP contribution is -2.44. The molecule has 0 saturated carbocycles. The van der Waals surface area contributed by atoms with E-state index in [0.717, 1.165) is 25.3 Å². The molecule has 0 radical (unpaired) electrons. The monoisotopic (exact) mass is 230 g/mol. The Morgan fingerprint density at radius 1 is 1.18 bits per heavy atom. The molecule has 2 nitrogen and oxygen atoms in total. The highest BCUT2D eigenvalue weighted by Gasteiger charge is 2.29. The molecule has 92 valence electrons. The fourth-order valence-electron chi connectivity index (χ4n) is 2.30. The summed E-state index contributed by atoms with van der Waals surface area (Å²) in [5, 5.41) is 3.51. The molecule has 0 spiro atoms. The van der Waals surface area contributed by atoms with Crippen LogP contribution in [0.4, 0.5) is 0 Å². The van der Waals surface area contributed by atoms with Gasteiger partial charge in [0.2, 0.25) is 0 Å². The second-order valence-electron chi connectivity index (χ2n) is 4.99. The SMILES string of the molecule is CCC1(CC)CN=C(Cc2ccccc2)NC1. The van der Waals surface area contributed by atoms with Crippen LogP contribution >= 0.6 is 0 Å². The van der Waals surface area contributed by atoms with Gasteiger partial charge in [0.25, 0.3) is 0 Å². The molecule has 1 aromatic carbocycles. The predicted molar refractivity (Wildman–Crippen MR) is 73.5 cm³/mol. The first kappa shape index (κ1) is 12.2. The second kappa shape index (κ2) is 5.35. The Hall–Kier alpha value is -1.31. The van der Waals surface area contributed by atoms with Gasteiger partial charge in [-0.1, -0.05) is 44.2 Å². The van der Waals surface area contributed by atoms with Crippen LogP contribution in [0.25, 0.3) is 0 Å². The Bertz CT molecular complexity index is 377. The van der Waals surface area contributed by atoms with Crippen molar-refractivity contribution in [2.45, 2.75) is 33.1 Å². The van der Waals surface area contributed by atoms with Crippen molar-refractivity contribution in [3.8, 4) is 0 Å². The predicted octanol–water partition coefficient (Wildman–Crippen LogP) is 3.04. The van der Waals surface area contributed by atoms with Gasteiger partial charge in [0.1, 0.15) is 5.84 Å². The third-order valence-electron chi connectivity index (χ3n) is 3.99. The van der Waals surface area contributed by atoms with Gasteiger partial charge in [-0.05, 0) is 18.4 Å². The largest absolute Gasteiger partial charge is 0.373 e. The normalized spacial score (nSPS) is 18.4. The Kier molecular flexibility index (Phi) is 3.82. The number of hydrogen-bond donors (Lipinski definition) is 1. The highest BCUT2D eigenvalue weighted by Crippen LogP contribution is 2.27. The third-order valence-corrected chi connectivity index (χ3v) is 3.99. The van der Waals surface area contributed by atoms with E-state index in [1.165, 1.54) is 18.4 Å². The molecule has 0 unspecified atom stereocenters. The summed E-state index contributed by atoms with van der Waals surface area (Å²) in [7, 11) is 0. The molecule has 0 saturated heterocycles. The van der Waals surface area contributed by atoms with Crippen LogP contribution in [0, 0.1) is 5.41 Å². The zero-order valence-electron chi connectivity index (χ0n) is 10.9. The maximum atomic E-state index is 4.73. The molecule has 2 heteroatoms. The average molecular weight is 230 g/mol. The first-order chi connectivity index (χ1) is 8.28. The molecule has 0 amide bonds. The minimum atomic E-state index is 0.389. The molecule has 1 aliphatic heterocycles. The zero-order valence-corrected chi connectivity index (χ0v) is 10.9. The Labute approximate surface area is 104 Å². The summed E-state index contributed by atoms with van der Waals surface area (Å²) in [6.07, 6.45) is 3.35. The average Bonchev–Trinajstić information content (AvgIpc) is 2.41. The zero-order chi connectivity index (χ0) is 12.1. The van der Waals surface area contributed by atoms with E-state index >= 15 is 0 Å². The van der Waals surface area contributed by atoms with Gasteiger partial charge in [-0.3, -0.25) is 4.99 Å². The lowest BCUT2D eigenvalue weighted by atomic mass is 9.81. The summed E-state index contributed by atoms with van der Waals surface area (Å²) in [5.74, 6) is 1.15. The number of amidine groups is 1. The maximum absolute atomic E-state index is 4.73. The van der Waals surface area contributed by atoms with Crippen molar-refractivity contribution < 1.29 is 0 Å². The van der Waals surface area contributed by atoms with Crippen LogP contribution in [0.15, 0.2) is 35.3 Å². The van der Waals surface area contributed by atoms with Crippen LogP contribution in [-0.2, 0) is 6.42 Å². The maximum Gasteiger partial charge on any atom is 0.101 e. The number of nitrogens with one attached hydrogen (secondary N) is 1. The van der Waals surface area contributed by atoms with Crippen LogP contribution in [0.1, 0.15) is 32.3 Å². The van der Waals surface area contributed by atoms with Gasteiger partial charge in [0.15, 0.2) is 0 Å². The highest BCUT2D eigenvalue weighted by atomic mass is 15.0. The van der Waals surface area contributed by atoms with Crippen LogP contribution in [0.2, 0.25) is 0 Å². The van der Waals surface area contributed by atoms with E-state index < -0.39 is 0 Å². The van der Waals surface area contributed by atoms with Gasteiger partial charge in [0.05, 0.1) is 0 Å². The topological polar surface area (TPSA) is 24.4 Å². The first-order valence-electron chi connectivity index (χ1n) is 6.59. The van der Waals surface area contributed by atoms with Crippen LogP contribution in [0.5, 0.6) is 0 Å². The summed E-state index contributed by atoms with van der Waals surface area (Å²) in [5.41, 5.74) is 1.72. The van der Waals surface area contributed by atoms with E-state index in [0.29, 0.717) is 5.41 Å². The van der Waals surface area contributed by atoms with E-state index in [1.807, 2.05) is 0 Å².